The lowest BCUT2D eigenvalue weighted by molar-refractivity contribution is 0.595. The summed E-state index contributed by atoms with van der Waals surface area (Å²) in [5, 5.41) is 4.72. The highest BCUT2D eigenvalue weighted by atomic mass is 16.3. The van der Waals surface area contributed by atoms with Gasteiger partial charge in [0.1, 0.15) is 11.3 Å². The Morgan fingerprint density at radius 3 is 2.89 bits per heavy atom. The molecule has 3 heterocycles. The zero-order chi connectivity index (χ0) is 18.1. The molecule has 3 aromatic rings. The molecular weight excluding hydrogens is 334 g/mol. The average Bonchev–Trinajstić information content (AvgIpc) is 3.40. The van der Waals surface area contributed by atoms with Gasteiger partial charge in [-0.1, -0.05) is 36.5 Å². The normalized spacial score (nSPS) is 21.3. The first kappa shape index (κ1) is 16.1. The van der Waals surface area contributed by atoms with Crippen LogP contribution in [0.15, 0.2) is 71.3 Å². The molecule has 0 aliphatic heterocycles. The number of hydrogen-bond acceptors (Lipinski definition) is 3. The molecule has 0 saturated heterocycles. The van der Waals surface area contributed by atoms with Crippen LogP contribution < -0.4 is 0 Å². The van der Waals surface area contributed by atoms with Crippen molar-refractivity contribution >= 4 is 22.2 Å². The molecule has 2 aliphatic rings. The van der Waals surface area contributed by atoms with Crippen molar-refractivity contribution in [3.8, 4) is 5.82 Å². The van der Waals surface area contributed by atoms with Crippen molar-refractivity contribution in [3.05, 3.63) is 78.4 Å². The van der Waals surface area contributed by atoms with E-state index in [1.54, 1.807) is 0 Å². The first-order chi connectivity index (χ1) is 13.4. The Kier molecular flexibility index (Phi) is 4.09. The second kappa shape index (κ2) is 6.88. The molecule has 3 aromatic heterocycles. The smallest absolute Gasteiger partial charge is 0.154 e. The van der Waals surface area contributed by atoms with Crippen molar-refractivity contribution in [2.75, 3.05) is 0 Å². The van der Waals surface area contributed by atoms with Gasteiger partial charge in [-0.3, -0.25) is 0 Å². The molecule has 0 radical (unpaired) electrons. The van der Waals surface area contributed by atoms with Crippen LogP contribution in [0.2, 0.25) is 0 Å². The molecule has 2 aliphatic carbocycles. The van der Waals surface area contributed by atoms with Gasteiger partial charge in [0.25, 0.3) is 0 Å². The molecule has 0 spiro atoms. The third-order valence-electron chi connectivity index (χ3n) is 5.11. The Balaban J connectivity index is 1.47. The largest absolute Gasteiger partial charge is 0.455 e. The SMILES string of the molecule is C1=C(c2ccn(-c3ccc4oc(/C5=C/C=C\C=C/CC5)cc4n3)n2)CCC1. The minimum atomic E-state index is 0.808. The molecule has 0 atom stereocenters. The molecule has 4 nitrogen and oxygen atoms in total. The van der Waals surface area contributed by atoms with Crippen molar-refractivity contribution < 1.29 is 4.42 Å². The zero-order valence-corrected chi connectivity index (χ0v) is 15.1. The van der Waals surface area contributed by atoms with Crippen LogP contribution in [0.3, 0.4) is 0 Å². The van der Waals surface area contributed by atoms with Crippen molar-refractivity contribution in [2.24, 2.45) is 0 Å². The molecule has 0 unspecified atom stereocenters. The highest BCUT2D eigenvalue weighted by molar-refractivity contribution is 5.79. The van der Waals surface area contributed by atoms with Gasteiger partial charge in [-0.05, 0) is 61.4 Å². The third kappa shape index (κ3) is 3.19. The van der Waals surface area contributed by atoms with E-state index < -0.39 is 0 Å². The van der Waals surface area contributed by atoms with Crippen LogP contribution in [0.25, 0.3) is 28.1 Å². The molecule has 4 heteroatoms. The lowest BCUT2D eigenvalue weighted by Crippen LogP contribution is -1.98. The van der Waals surface area contributed by atoms with Gasteiger partial charge in [0.15, 0.2) is 11.4 Å². The van der Waals surface area contributed by atoms with Crippen molar-refractivity contribution in [2.45, 2.75) is 32.1 Å². The fourth-order valence-corrected chi connectivity index (χ4v) is 3.66. The second-order valence-corrected chi connectivity index (χ2v) is 6.97. The summed E-state index contributed by atoms with van der Waals surface area (Å²) in [6.07, 6.45) is 20.2. The van der Waals surface area contributed by atoms with Gasteiger partial charge < -0.3 is 4.42 Å². The van der Waals surface area contributed by atoms with E-state index in [9.17, 15) is 0 Å². The lowest BCUT2D eigenvalue weighted by Gasteiger charge is -2.02. The van der Waals surface area contributed by atoms with Gasteiger partial charge in [0.2, 0.25) is 0 Å². The number of rotatable bonds is 3. The first-order valence-corrected chi connectivity index (χ1v) is 9.56. The Morgan fingerprint density at radius 1 is 0.963 bits per heavy atom. The molecule has 0 N–H and O–H groups in total. The van der Waals surface area contributed by atoms with Crippen LogP contribution in [0.5, 0.6) is 0 Å². The summed E-state index contributed by atoms with van der Waals surface area (Å²) in [6, 6.07) is 8.05. The number of hydrogen-bond donors (Lipinski definition) is 0. The Morgan fingerprint density at radius 2 is 1.96 bits per heavy atom. The molecule has 27 heavy (non-hydrogen) atoms. The summed E-state index contributed by atoms with van der Waals surface area (Å²) in [4.78, 5) is 4.77. The number of allylic oxidation sites excluding steroid dienone is 8. The number of aromatic nitrogens is 3. The number of pyridine rings is 1. The van der Waals surface area contributed by atoms with Gasteiger partial charge in [-0.15, -0.1) is 0 Å². The average molecular weight is 355 g/mol. The standard InChI is InChI=1S/C23H21N3O/c1-2-4-10-18(11-5-3-1)22-16-20-21(27-22)12-13-23(24-20)26-15-14-19(25-26)17-8-6-7-9-17/h1-4,8,10,12-16H,5-7,9,11H2/b3-1-,4-2-,18-10+. The molecule has 0 fully saturated rings. The second-order valence-electron chi connectivity index (χ2n) is 6.97. The summed E-state index contributed by atoms with van der Waals surface area (Å²) in [6.45, 7) is 0. The quantitative estimate of drug-likeness (QED) is 0.590. The van der Waals surface area contributed by atoms with E-state index in [4.69, 9.17) is 14.5 Å². The van der Waals surface area contributed by atoms with E-state index >= 15 is 0 Å². The van der Waals surface area contributed by atoms with E-state index in [0.29, 0.717) is 0 Å². The maximum atomic E-state index is 6.05. The fraction of sp³-hybridized carbons (Fsp3) is 0.217. The molecule has 0 bridgehead atoms. The summed E-state index contributed by atoms with van der Waals surface area (Å²) in [5.41, 5.74) is 5.27. The third-order valence-corrected chi connectivity index (χ3v) is 5.11. The molecule has 134 valence electrons. The predicted octanol–water partition coefficient (Wildman–Crippen LogP) is 5.87. The topological polar surface area (TPSA) is 43.9 Å². The zero-order valence-electron chi connectivity index (χ0n) is 15.1. The predicted molar refractivity (Wildman–Crippen MR) is 108 cm³/mol. The maximum Gasteiger partial charge on any atom is 0.154 e. The minimum Gasteiger partial charge on any atom is -0.455 e. The van der Waals surface area contributed by atoms with Crippen molar-refractivity contribution in [1.82, 2.24) is 14.8 Å². The van der Waals surface area contributed by atoms with E-state index in [2.05, 4.69) is 36.4 Å². The van der Waals surface area contributed by atoms with Crippen LogP contribution >= 0.6 is 0 Å². The maximum absolute atomic E-state index is 6.05. The number of fused-ring (bicyclic) bond motifs is 1. The van der Waals surface area contributed by atoms with E-state index in [1.807, 2.05) is 35.2 Å². The van der Waals surface area contributed by atoms with Gasteiger partial charge in [-0.2, -0.15) is 5.10 Å². The Bertz CT molecular complexity index is 1110. The highest BCUT2D eigenvalue weighted by Gasteiger charge is 2.13. The van der Waals surface area contributed by atoms with Crippen molar-refractivity contribution in [1.29, 1.82) is 0 Å². The Labute approximate surface area is 158 Å². The van der Waals surface area contributed by atoms with E-state index in [-0.39, 0.29) is 0 Å². The van der Waals surface area contributed by atoms with Crippen LogP contribution in [0.1, 0.15) is 43.6 Å². The number of nitrogens with zero attached hydrogens (tertiary/aromatic N) is 3. The molecule has 0 aromatic carbocycles. The van der Waals surface area contributed by atoms with Gasteiger partial charge in [0.05, 0.1) is 5.69 Å². The van der Waals surface area contributed by atoms with Crippen LogP contribution in [0, 0.1) is 0 Å². The van der Waals surface area contributed by atoms with E-state index in [0.717, 1.165) is 54.1 Å². The van der Waals surface area contributed by atoms with Crippen LogP contribution in [0.4, 0.5) is 0 Å². The van der Waals surface area contributed by atoms with Crippen LogP contribution in [-0.4, -0.2) is 14.8 Å². The molecule has 0 amide bonds. The summed E-state index contributed by atoms with van der Waals surface area (Å²) in [7, 11) is 0. The molecule has 0 saturated carbocycles. The minimum absolute atomic E-state index is 0.808. The van der Waals surface area contributed by atoms with Crippen LogP contribution in [-0.2, 0) is 0 Å². The van der Waals surface area contributed by atoms with E-state index in [1.165, 1.54) is 17.6 Å². The van der Waals surface area contributed by atoms with Gasteiger partial charge in [0, 0.05) is 12.3 Å². The first-order valence-electron chi connectivity index (χ1n) is 9.56. The number of furan rings is 1. The fourth-order valence-electron chi connectivity index (χ4n) is 3.66. The summed E-state index contributed by atoms with van der Waals surface area (Å²) < 4.78 is 7.90. The van der Waals surface area contributed by atoms with Crippen molar-refractivity contribution in [3.63, 3.8) is 0 Å². The Hall–Kier alpha value is -3.14. The summed E-state index contributed by atoms with van der Waals surface area (Å²) in [5.74, 6) is 1.71. The highest BCUT2D eigenvalue weighted by Crippen LogP contribution is 2.29. The monoisotopic (exact) mass is 355 g/mol. The van der Waals surface area contributed by atoms with Gasteiger partial charge in [-0.25, -0.2) is 9.67 Å². The lowest BCUT2D eigenvalue weighted by atomic mass is 10.1. The van der Waals surface area contributed by atoms with Gasteiger partial charge >= 0.3 is 0 Å². The summed E-state index contributed by atoms with van der Waals surface area (Å²) >= 11 is 0. The molecule has 5 rings (SSSR count). The molecular formula is C23H21N3O.